The van der Waals surface area contributed by atoms with Gasteiger partial charge in [-0.05, 0) is 62.6 Å². The molecule has 138 valence electrons. The lowest BCUT2D eigenvalue weighted by atomic mass is 9.97. The highest BCUT2D eigenvalue weighted by Crippen LogP contribution is 2.31. The number of likely N-dealkylation sites (tertiary alicyclic amines) is 1. The predicted octanol–water partition coefficient (Wildman–Crippen LogP) is 3.21. The molecule has 1 amide bonds. The van der Waals surface area contributed by atoms with Crippen molar-refractivity contribution >= 4 is 21.6 Å². The van der Waals surface area contributed by atoms with Gasteiger partial charge in [0.05, 0.1) is 17.5 Å². The largest absolute Gasteiger partial charge is 0.330 e. The van der Waals surface area contributed by atoms with E-state index in [9.17, 15) is 13.2 Å². The van der Waals surface area contributed by atoms with Crippen molar-refractivity contribution in [2.24, 2.45) is 0 Å². The normalized spacial score (nSPS) is 17.7. The van der Waals surface area contributed by atoms with Gasteiger partial charge in [-0.2, -0.15) is 0 Å². The fourth-order valence-corrected chi connectivity index (χ4v) is 3.79. The second kappa shape index (κ2) is 7.86. The number of rotatable bonds is 5. The molecule has 1 aliphatic heterocycles. The summed E-state index contributed by atoms with van der Waals surface area (Å²) in [4.78, 5) is 19.3. The molecule has 3 rings (SSSR count). The van der Waals surface area contributed by atoms with Gasteiger partial charge in [0.25, 0.3) is 5.91 Å². The van der Waals surface area contributed by atoms with E-state index in [0.717, 1.165) is 25.0 Å². The molecule has 1 fully saturated rings. The van der Waals surface area contributed by atoms with Gasteiger partial charge in [0.1, 0.15) is 0 Å². The van der Waals surface area contributed by atoms with Crippen molar-refractivity contribution < 1.29 is 13.2 Å². The lowest BCUT2D eigenvalue weighted by molar-refractivity contribution is 0.0606. The van der Waals surface area contributed by atoms with E-state index in [2.05, 4.69) is 9.71 Å². The van der Waals surface area contributed by atoms with Crippen molar-refractivity contribution in [2.75, 3.05) is 17.0 Å². The highest BCUT2D eigenvalue weighted by Gasteiger charge is 2.29. The van der Waals surface area contributed by atoms with Crippen molar-refractivity contribution in [1.82, 2.24) is 9.88 Å². The van der Waals surface area contributed by atoms with Gasteiger partial charge >= 0.3 is 0 Å². The van der Waals surface area contributed by atoms with Crippen LogP contribution in [0, 0.1) is 0 Å². The lowest BCUT2D eigenvalue weighted by Crippen LogP contribution is -2.38. The van der Waals surface area contributed by atoms with Crippen LogP contribution in [0.15, 0.2) is 48.7 Å². The molecule has 1 saturated heterocycles. The van der Waals surface area contributed by atoms with Crippen molar-refractivity contribution in [3.05, 3.63) is 59.9 Å². The second-order valence-corrected chi connectivity index (χ2v) is 8.36. The summed E-state index contributed by atoms with van der Waals surface area (Å²) in [6.45, 7) is 2.28. The van der Waals surface area contributed by atoms with Gasteiger partial charge in [0.15, 0.2) is 0 Å². The third-order valence-electron chi connectivity index (χ3n) is 4.58. The Balaban J connectivity index is 1.79. The third-order valence-corrected chi connectivity index (χ3v) is 5.88. The van der Waals surface area contributed by atoms with Crippen LogP contribution < -0.4 is 4.72 Å². The van der Waals surface area contributed by atoms with Crippen LogP contribution in [0.3, 0.4) is 0 Å². The first-order valence-corrected chi connectivity index (χ1v) is 10.5. The molecular formula is C19H23N3O3S. The van der Waals surface area contributed by atoms with Crippen molar-refractivity contribution in [3.63, 3.8) is 0 Å². The number of sulfonamides is 1. The van der Waals surface area contributed by atoms with Gasteiger partial charge in [-0.25, -0.2) is 8.42 Å². The van der Waals surface area contributed by atoms with Crippen LogP contribution in [0.1, 0.15) is 48.3 Å². The quantitative estimate of drug-likeness (QED) is 0.873. The predicted molar refractivity (Wildman–Crippen MR) is 101 cm³/mol. The average molecular weight is 373 g/mol. The fraction of sp³-hybridized carbons (Fsp3) is 0.368. The molecular weight excluding hydrogens is 350 g/mol. The molecule has 1 N–H and O–H groups in total. The van der Waals surface area contributed by atoms with E-state index < -0.39 is 10.0 Å². The smallest absolute Gasteiger partial charge is 0.254 e. The number of nitrogens with zero attached hydrogens (tertiary/aromatic N) is 2. The summed E-state index contributed by atoms with van der Waals surface area (Å²) >= 11 is 0. The van der Waals surface area contributed by atoms with Crippen LogP contribution in [0.4, 0.5) is 5.69 Å². The number of benzene rings is 1. The first-order valence-electron chi connectivity index (χ1n) is 8.82. The van der Waals surface area contributed by atoms with E-state index in [1.807, 2.05) is 23.1 Å². The van der Waals surface area contributed by atoms with Gasteiger partial charge in [-0.1, -0.05) is 6.07 Å². The summed E-state index contributed by atoms with van der Waals surface area (Å²) < 4.78 is 25.8. The van der Waals surface area contributed by atoms with Crippen molar-refractivity contribution in [2.45, 2.75) is 32.2 Å². The molecule has 2 aromatic rings. The monoisotopic (exact) mass is 373 g/mol. The van der Waals surface area contributed by atoms with Gasteiger partial charge in [-0.15, -0.1) is 0 Å². The third kappa shape index (κ3) is 4.22. The number of hydrogen-bond donors (Lipinski definition) is 1. The molecule has 0 bridgehead atoms. The van der Waals surface area contributed by atoms with Crippen LogP contribution >= 0.6 is 0 Å². The molecule has 0 radical (unpaired) electrons. The first kappa shape index (κ1) is 18.4. The number of nitrogens with one attached hydrogen (secondary N) is 1. The Bertz CT molecular complexity index is 851. The highest BCUT2D eigenvalue weighted by molar-refractivity contribution is 7.92. The van der Waals surface area contributed by atoms with Gasteiger partial charge < -0.3 is 4.90 Å². The molecule has 6 nitrogen and oxygen atoms in total. The maximum absolute atomic E-state index is 13.0. The minimum atomic E-state index is -3.32. The van der Waals surface area contributed by atoms with Crippen LogP contribution in [-0.2, 0) is 10.0 Å². The molecule has 26 heavy (non-hydrogen) atoms. The molecule has 1 unspecified atom stereocenters. The molecule has 0 saturated carbocycles. The fourth-order valence-electron chi connectivity index (χ4n) is 3.15. The zero-order chi connectivity index (χ0) is 18.6. The minimum absolute atomic E-state index is 0.00716. The number of carbonyl (C=O) groups is 1. The van der Waals surface area contributed by atoms with E-state index in [0.29, 0.717) is 17.8 Å². The molecule has 1 aliphatic rings. The molecule has 1 aromatic heterocycles. The summed E-state index contributed by atoms with van der Waals surface area (Å²) in [7, 11) is -3.32. The summed E-state index contributed by atoms with van der Waals surface area (Å²) in [5.41, 5.74) is 1.92. The van der Waals surface area contributed by atoms with Gasteiger partial charge in [0, 0.05) is 24.0 Å². The number of piperidine rings is 1. The van der Waals surface area contributed by atoms with Crippen LogP contribution in [0.2, 0.25) is 0 Å². The molecule has 1 atom stereocenters. The zero-order valence-corrected chi connectivity index (χ0v) is 15.6. The number of pyridine rings is 1. The minimum Gasteiger partial charge on any atom is -0.330 e. The molecule has 7 heteroatoms. The Morgan fingerprint density at radius 2 is 1.96 bits per heavy atom. The number of amides is 1. The van der Waals surface area contributed by atoms with Crippen molar-refractivity contribution in [3.8, 4) is 0 Å². The van der Waals surface area contributed by atoms with E-state index in [4.69, 9.17) is 0 Å². The topological polar surface area (TPSA) is 79.4 Å². The van der Waals surface area contributed by atoms with Gasteiger partial charge in [-0.3, -0.25) is 14.5 Å². The summed E-state index contributed by atoms with van der Waals surface area (Å²) in [5.74, 6) is -0.0435. The van der Waals surface area contributed by atoms with E-state index in [1.54, 1.807) is 37.4 Å². The van der Waals surface area contributed by atoms with E-state index >= 15 is 0 Å². The SMILES string of the molecule is CCS(=O)(=O)Nc1ccc(C(=O)N2CCCCC2c2ccccn2)cc1. The first-order chi connectivity index (χ1) is 12.5. The standard InChI is InChI=1S/C19H23N3O3S/c1-2-26(24,25)21-16-11-9-15(10-12-16)19(23)22-14-6-4-8-18(22)17-7-3-5-13-20-17/h3,5,7,9-13,18,21H,2,4,6,8,14H2,1H3. The summed E-state index contributed by atoms with van der Waals surface area (Å²) in [6, 6.07) is 12.3. The van der Waals surface area contributed by atoms with Crippen LogP contribution in [0.25, 0.3) is 0 Å². The Hall–Kier alpha value is -2.41. The van der Waals surface area contributed by atoms with E-state index in [1.165, 1.54) is 0 Å². The number of carbonyl (C=O) groups excluding carboxylic acids is 1. The number of hydrogen-bond acceptors (Lipinski definition) is 4. The number of anilines is 1. The maximum Gasteiger partial charge on any atom is 0.254 e. The Kier molecular flexibility index (Phi) is 5.56. The average Bonchev–Trinajstić information content (AvgIpc) is 2.68. The van der Waals surface area contributed by atoms with Crippen LogP contribution in [-0.4, -0.2) is 36.5 Å². The second-order valence-electron chi connectivity index (χ2n) is 6.35. The molecule has 1 aromatic carbocycles. The maximum atomic E-state index is 13.0. The molecule has 2 heterocycles. The highest BCUT2D eigenvalue weighted by atomic mass is 32.2. The summed E-state index contributed by atoms with van der Waals surface area (Å²) in [6.07, 6.45) is 4.70. The Morgan fingerprint density at radius 1 is 1.19 bits per heavy atom. The zero-order valence-electron chi connectivity index (χ0n) is 14.8. The van der Waals surface area contributed by atoms with Gasteiger partial charge in [0.2, 0.25) is 10.0 Å². The summed E-state index contributed by atoms with van der Waals surface area (Å²) in [5, 5.41) is 0. The molecule has 0 aliphatic carbocycles. The van der Waals surface area contributed by atoms with E-state index in [-0.39, 0.29) is 17.7 Å². The Morgan fingerprint density at radius 3 is 2.62 bits per heavy atom. The van der Waals surface area contributed by atoms with Crippen LogP contribution in [0.5, 0.6) is 0 Å². The lowest BCUT2D eigenvalue weighted by Gasteiger charge is -2.35. The Labute approximate surface area is 154 Å². The van der Waals surface area contributed by atoms with Crippen molar-refractivity contribution in [1.29, 1.82) is 0 Å². The number of aromatic nitrogens is 1. The molecule has 0 spiro atoms.